The van der Waals surface area contributed by atoms with E-state index >= 15 is 0 Å². The molecule has 2 aliphatic rings. The highest BCUT2D eigenvalue weighted by Crippen LogP contribution is 2.30. The summed E-state index contributed by atoms with van der Waals surface area (Å²) in [6.07, 6.45) is 4.43. The molecule has 20 heavy (non-hydrogen) atoms. The molecule has 3 heterocycles. The fraction of sp³-hybridized carbons (Fsp3) is 0.688. The van der Waals surface area contributed by atoms with E-state index in [1.807, 2.05) is 18.3 Å². The van der Waals surface area contributed by atoms with E-state index in [4.69, 9.17) is 4.74 Å². The van der Waals surface area contributed by atoms with Crippen molar-refractivity contribution in [3.63, 3.8) is 0 Å². The summed E-state index contributed by atoms with van der Waals surface area (Å²) in [7, 11) is 0. The molecule has 4 heteroatoms. The zero-order chi connectivity index (χ0) is 13.9. The van der Waals surface area contributed by atoms with Gasteiger partial charge in [-0.1, -0.05) is 6.92 Å². The van der Waals surface area contributed by atoms with Crippen molar-refractivity contribution in [2.45, 2.75) is 38.8 Å². The van der Waals surface area contributed by atoms with E-state index in [1.54, 1.807) is 0 Å². The number of pyridine rings is 1. The van der Waals surface area contributed by atoms with Crippen LogP contribution in [0.5, 0.6) is 5.88 Å². The van der Waals surface area contributed by atoms with Crippen LogP contribution in [0.3, 0.4) is 0 Å². The van der Waals surface area contributed by atoms with Gasteiger partial charge in [0.25, 0.3) is 0 Å². The van der Waals surface area contributed by atoms with Crippen LogP contribution in [0, 0.1) is 6.92 Å². The molecule has 1 aromatic rings. The van der Waals surface area contributed by atoms with Gasteiger partial charge in [-0.3, -0.25) is 9.80 Å². The van der Waals surface area contributed by atoms with Gasteiger partial charge in [0.05, 0.1) is 0 Å². The lowest BCUT2D eigenvalue weighted by Crippen LogP contribution is -2.47. The predicted octanol–water partition coefficient (Wildman–Crippen LogP) is 1.94. The molecule has 0 aliphatic carbocycles. The minimum Gasteiger partial charge on any atom is -0.476 e. The molecule has 2 saturated heterocycles. The van der Waals surface area contributed by atoms with Gasteiger partial charge in [-0.2, -0.15) is 0 Å². The van der Waals surface area contributed by atoms with E-state index in [0.717, 1.165) is 31.1 Å². The average Bonchev–Trinajstić information content (AvgIpc) is 2.99. The Morgan fingerprint density at radius 3 is 2.65 bits per heavy atom. The lowest BCUT2D eigenvalue weighted by atomic mass is 10.2. The van der Waals surface area contributed by atoms with Crippen LogP contribution in [0.4, 0.5) is 0 Å². The highest BCUT2D eigenvalue weighted by molar-refractivity contribution is 5.18. The van der Waals surface area contributed by atoms with Crippen LogP contribution in [0.2, 0.25) is 0 Å². The molecule has 4 nitrogen and oxygen atoms in total. The van der Waals surface area contributed by atoms with E-state index in [9.17, 15) is 0 Å². The maximum atomic E-state index is 5.76. The van der Waals surface area contributed by atoms with Crippen molar-refractivity contribution in [2.24, 2.45) is 0 Å². The quantitative estimate of drug-likeness (QED) is 0.793. The fourth-order valence-corrected chi connectivity index (χ4v) is 3.52. The first kappa shape index (κ1) is 13.8. The summed E-state index contributed by atoms with van der Waals surface area (Å²) in [5.41, 5.74) is 1.20. The van der Waals surface area contributed by atoms with Gasteiger partial charge in [0, 0.05) is 44.0 Å². The Bertz CT molecular complexity index is 451. The number of aryl methyl sites for hydroxylation is 1. The maximum Gasteiger partial charge on any atom is 0.213 e. The molecule has 2 aliphatic heterocycles. The minimum absolute atomic E-state index is 0.744. The topological polar surface area (TPSA) is 28.6 Å². The first-order valence-electron chi connectivity index (χ1n) is 7.80. The molecule has 0 unspecified atom stereocenters. The van der Waals surface area contributed by atoms with Gasteiger partial charge in [-0.25, -0.2) is 4.98 Å². The second-order valence-electron chi connectivity index (χ2n) is 6.05. The molecule has 0 spiro atoms. The highest BCUT2D eigenvalue weighted by Gasteiger charge is 2.42. The van der Waals surface area contributed by atoms with Crippen LogP contribution in [0.25, 0.3) is 0 Å². The Labute approximate surface area is 121 Å². The van der Waals surface area contributed by atoms with E-state index in [-0.39, 0.29) is 0 Å². The molecule has 0 radical (unpaired) electrons. The minimum atomic E-state index is 0.744. The number of hydrogen-bond donors (Lipinski definition) is 0. The molecule has 0 amide bonds. The Hall–Kier alpha value is -1.13. The Morgan fingerprint density at radius 2 is 2.00 bits per heavy atom. The SMILES string of the molecule is CCCN1C[C@@H]2C[C@H]1CN2CCOc1cc(C)ccn1. The molecular formula is C16H25N3O. The average molecular weight is 275 g/mol. The second kappa shape index (κ2) is 6.10. The third-order valence-corrected chi connectivity index (χ3v) is 4.50. The van der Waals surface area contributed by atoms with E-state index in [0.29, 0.717) is 0 Å². The van der Waals surface area contributed by atoms with E-state index < -0.39 is 0 Å². The molecule has 110 valence electrons. The number of likely N-dealkylation sites (tertiary alicyclic amines) is 2. The van der Waals surface area contributed by atoms with Crippen molar-refractivity contribution >= 4 is 0 Å². The number of aromatic nitrogens is 1. The molecule has 2 atom stereocenters. The molecule has 2 bridgehead atoms. The summed E-state index contributed by atoms with van der Waals surface area (Å²) < 4.78 is 5.76. The monoisotopic (exact) mass is 275 g/mol. The molecule has 0 saturated carbocycles. The molecule has 0 N–H and O–H groups in total. The van der Waals surface area contributed by atoms with E-state index in [1.165, 1.54) is 38.0 Å². The predicted molar refractivity (Wildman–Crippen MR) is 80.1 cm³/mol. The molecule has 0 aromatic carbocycles. The fourth-order valence-electron chi connectivity index (χ4n) is 3.52. The summed E-state index contributed by atoms with van der Waals surface area (Å²) in [6.45, 7) is 9.84. The normalized spacial score (nSPS) is 26.3. The van der Waals surface area contributed by atoms with Crippen LogP contribution in [-0.4, -0.2) is 59.7 Å². The van der Waals surface area contributed by atoms with Gasteiger partial charge in [0.15, 0.2) is 0 Å². The first-order chi connectivity index (χ1) is 9.76. The number of fused-ring (bicyclic) bond motifs is 2. The summed E-state index contributed by atoms with van der Waals surface area (Å²) in [4.78, 5) is 9.49. The molecule has 2 fully saturated rings. The van der Waals surface area contributed by atoms with Gasteiger partial charge in [-0.15, -0.1) is 0 Å². The Balaban J connectivity index is 1.43. The number of ether oxygens (including phenoxy) is 1. The van der Waals surface area contributed by atoms with Crippen molar-refractivity contribution in [1.82, 2.24) is 14.8 Å². The summed E-state index contributed by atoms with van der Waals surface area (Å²) >= 11 is 0. The van der Waals surface area contributed by atoms with Crippen LogP contribution >= 0.6 is 0 Å². The third kappa shape index (κ3) is 2.96. The summed E-state index contributed by atoms with van der Waals surface area (Å²) in [5, 5.41) is 0. The molecule has 3 rings (SSSR count). The Kier molecular flexibility index (Phi) is 4.22. The lowest BCUT2D eigenvalue weighted by Gasteiger charge is -2.33. The first-order valence-corrected chi connectivity index (χ1v) is 7.80. The van der Waals surface area contributed by atoms with Crippen LogP contribution in [-0.2, 0) is 0 Å². The number of nitrogens with zero attached hydrogens (tertiary/aromatic N) is 3. The maximum absolute atomic E-state index is 5.76. The van der Waals surface area contributed by atoms with Crippen molar-refractivity contribution < 1.29 is 4.74 Å². The van der Waals surface area contributed by atoms with Gasteiger partial charge in [0.2, 0.25) is 5.88 Å². The van der Waals surface area contributed by atoms with Gasteiger partial charge in [0.1, 0.15) is 6.61 Å². The van der Waals surface area contributed by atoms with Crippen molar-refractivity contribution in [3.8, 4) is 5.88 Å². The highest BCUT2D eigenvalue weighted by atomic mass is 16.5. The molecule has 1 aromatic heterocycles. The Morgan fingerprint density at radius 1 is 1.25 bits per heavy atom. The van der Waals surface area contributed by atoms with Crippen LogP contribution < -0.4 is 4.74 Å². The van der Waals surface area contributed by atoms with Crippen molar-refractivity contribution in [3.05, 3.63) is 23.9 Å². The number of rotatable bonds is 6. The van der Waals surface area contributed by atoms with Gasteiger partial charge < -0.3 is 4.74 Å². The van der Waals surface area contributed by atoms with Gasteiger partial charge >= 0.3 is 0 Å². The number of piperazine rings is 1. The zero-order valence-electron chi connectivity index (χ0n) is 12.6. The van der Waals surface area contributed by atoms with E-state index in [2.05, 4.69) is 28.6 Å². The van der Waals surface area contributed by atoms with Crippen LogP contribution in [0.15, 0.2) is 18.3 Å². The van der Waals surface area contributed by atoms with Crippen molar-refractivity contribution in [2.75, 3.05) is 32.8 Å². The van der Waals surface area contributed by atoms with Gasteiger partial charge in [-0.05, 0) is 37.9 Å². The molecular weight excluding hydrogens is 250 g/mol. The number of hydrogen-bond acceptors (Lipinski definition) is 4. The van der Waals surface area contributed by atoms with Crippen molar-refractivity contribution in [1.29, 1.82) is 0 Å². The van der Waals surface area contributed by atoms with Crippen LogP contribution in [0.1, 0.15) is 25.3 Å². The lowest BCUT2D eigenvalue weighted by molar-refractivity contribution is 0.112. The largest absolute Gasteiger partial charge is 0.476 e. The second-order valence-corrected chi connectivity index (χ2v) is 6.05. The smallest absolute Gasteiger partial charge is 0.213 e. The summed E-state index contributed by atoms with van der Waals surface area (Å²) in [6, 6.07) is 5.53. The summed E-state index contributed by atoms with van der Waals surface area (Å²) in [5.74, 6) is 0.752. The third-order valence-electron chi connectivity index (χ3n) is 4.50. The zero-order valence-corrected chi connectivity index (χ0v) is 12.6. The standard InChI is InChI=1S/C16H25N3O/c1-3-6-18-11-15-10-14(18)12-19(15)7-8-20-16-9-13(2)4-5-17-16/h4-5,9,14-15H,3,6-8,10-12H2,1-2H3/t14-,15-/m0/s1.